The van der Waals surface area contributed by atoms with E-state index in [2.05, 4.69) is 24.0 Å². The van der Waals surface area contributed by atoms with Gasteiger partial charge in [0, 0.05) is 11.4 Å². The van der Waals surface area contributed by atoms with Gasteiger partial charge in [-0.1, -0.05) is 25.1 Å². The molecule has 4 nitrogen and oxygen atoms in total. The largest absolute Gasteiger partial charge is 0.339 e. The molecule has 1 heterocycles. The summed E-state index contributed by atoms with van der Waals surface area (Å²) in [5.74, 6) is 1.92. The van der Waals surface area contributed by atoms with Crippen molar-refractivity contribution in [1.82, 2.24) is 10.1 Å². The molecule has 0 radical (unpaired) electrons. The molecule has 0 amide bonds. The van der Waals surface area contributed by atoms with Crippen molar-refractivity contribution in [3.05, 3.63) is 41.8 Å². The van der Waals surface area contributed by atoms with Gasteiger partial charge < -0.3 is 10.3 Å². The number of benzene rings is 1. The van der Waals surface area contributed by atoms with Gasteiger partial charge in [-0.15, -0.1) is 11.8 Å². The van der Waals surface area contributed by atoms with Gasteiger partial charge in [0.05, 0.1) is 11.7 Å². The Hall–Kier alpha value is -1.40. The highest BCUT2D eigenvalue weighted by molar-refractivity contribution is 7.98. The molecule has 0 saturated heterocycles. The van der Waals surface area contributed by atoms with Gasteiger partial charge in [-0.3, -0.25) is 0 Å². The van der Waals surface area contributed by atoms with Crippen molar-refractivity contribution in [1.29, 1.82) is 0 Å². The molecule has 20 heavy (non-hydrogen) atoms. The third-order valence-electron chi connectivity index (χ3n) is 3.02. The summed E-state index contributed by atoms with van der Waals surface area (Å²) in [6.45, 7) is 4.63. The normalized spacial score (nSPS) is 12.8. The van der Waals surface area contributed by atoms with E-state index in [1.54, 1.807) is 6.07 Å². The van der Waals surface area contributed by atoms with Gasteiger partial charge in [0.2, 0.25) is 5.89 Å². The average molecular weight is 295 g/mol. The van der Waals surface area contributed by atoms with Crippen molar-refractivity contribution in [2.24, 2.45) is 11.7 Å². The van der Waals surface area contributed by atoms with Crippen LogP contribution < -0.4 is 5.73 Å². The maximum absolute atomic E-state index is 13.1. The highest BCUT2D eigenvalue weighted by Gasteiger charge is 2.20. The van der Waals surface area contributed by atoms with Crippen LogP contribution >= 0.6 is 11.8 Å². The minimum Gasteiger partial charge on any atom is -0.339 e. The fourth-order valence-corrected chi connectivity index (χ4v) is 2.62. The zero-order chi connectivity index (χ0) is 14.5. The Morgan fingerprint density at radius 3 is 2.85 bits per heavy atom. The quantitative estimate of drug-likeness (QED) is 0.829. The smallest absolute Gasteiger partial charge is 0.231 e. The number of hydrogen-bond acceptors (Lipinski definition) is 5. The molecule has 2 rings (SSSR count). The van der Waals surface area contributed by atoms with Crippen LogP contribution in [0.25, 0.3) is 0 Å². The fraction of sp³-hybridized carbons (Fsp3) is 0.429. The van der Waals surface area contributed by atoms with Gasteiger partial charge in [-0.25, -0.2) is 4.39 Å². The molecule has 1 atom stereocenters. The van der Waals surface area contributed by atoms with Gasteiger partial charge in [0.1, 0.15) is 5.82 Å². The molecule has 0 bridgehead atoms. The van der Waals surface area contributed by atoms with Gasteiger partial charge in [-0.2, -0.15) is 4.98 Å². The average Bonchev–Trinajstić information content (AvgIpc) is 2.85. The fourth-order valence-electron chi connectivity index (χ4n) is 1.84. The second-order valence-corrected chi connectivity index (χ2v) is 5.93. The van der Waals surface area contributed by atoms with Crippen LogP contribution in [0.3, 0.4) is 0 Å². The molecule has 2 N–H and O–H groups in total. The number of thioether (sulfide) groups is 1. The molecule has 0 saturated carbocycles. The molecule has 1 unspecified atom stereocenters. The van der Waals surface area contributed by atoms with Gasteiger partial charge >= 0.3 is 0 Å². The molecule has 1 aromatic carbocycles. The van der Waals surface area contributed by atoms with Crippen molar-refractivity contribution < 1.29 is 8.91 Å². The van der Waals surface area contributed by atoms with Gasteiger partial charge in [0.25, 0.3) is 0 Å². The Labute approximate surface area is 121 Å². The third-order valence-corrected chi connectivity index (χ3v) is 4.01. The minimum absolute atomic E-state index is 0.0791. The van der Waals surface area contributed by atoms with E-state index in [9.17, 15) is 4.39 Å². The third kappa shape index (κ3) is 3.80. The second kappa shape index (κ2) is 6.85. The van der Waals surface area contributed by atoms with E-state index >= 15 is 0 Å². The molecule has 6 heteroatoms. The van der Waals surface area contributed by atoms with Crippen LogP contribution in [0.1, 0.15) is 31.5 Å². The van der Waals surface area contributed by atoms with Crippen molar-refractivity contribution in [3.8, 4) is 0 Å². The second-order valence-electron chi connectivity index (χ2n) is 4.88. The lowest BCUT2D eigenvalue weighted by atomic mass is 9.96. The summed E-state index contributed by atoms with van der Waals surface area (Å²) in [6.07, 6.45) is 0. The van der Waals surface area contributed by atoms with Crippen molar-refractivity contribution in [2.75, 3.05) is 6.54 Å². The van der Waals surface area contributed by atoms with E-state index in [0.717, 1.165) is 4.90 Å². The standard InChI is InChI=1S/C14H18FN3OS/c1-9(2)12(7-16)14-17-13(18-19-14)8-20-11-5-3-4-10(15)6-11/h3-6,9,12H,7-8,16H2,1-2H3. The predicted molar refractivity (Wildman–Crippen MR) is 76.9 cm³/mol. The SMILES string of the molecule is CC(C)C(CN)c1nc(CSc2cccc(F)c2)no1. The first-order chi connectivity index (χ1) is 9.60. The first-order valence-electron chi connectivity index (χ1n) is 6.51. The van der Waals surface area contributed by atoms with E-state index < -0.39 is 0 Å². The van der Waals surface area contributed by atoms with E-state index in [0.29, 0.717) is 29.9 Å². The number of rotatable bonds is 6. The molecule has 2 aromatic rings. The minimum atomic E-state index is -0.244. The topological polar surface area (TPSA) is 64.9 Å². The zero-order valence-electron chi connectivity index (χ0n) is 11.5. The first kappa shape index (κ1) is 15.0. The van der Waals surface area contributed by atoms with Crippen molar-refractivity contribution in [2.45, 2.75) is 30.4 Å². The number of hydrogen-bond donors (Lipinski definition) is 1. The number of halogens is 1. The Bertz CT molecular complexity index is 559. The lowest BCUT2D eigenvalue weighted by Crippen LogP contribution is -2.18. The predicted octanol–water partition coefficient (Wildman–Crippen LogP) is 3.20. The molecular weight excluding hydrogens is 277 g/mol. The zero-order valence-corrected chi connectivity index (χ0v) is 12.4. The summed E-state index contributed by atoms with van der Waals surface area (Å²) < 4.78 is 18.3. The van der Waals surface area contributed by atoms with Crippen molar-refractivity contribution >= 4 is 11.8 Å². The summed E-state index contributed by atoms with van der Waals surface area (Å²) in [4.78, 5) is 5.21. The van der Waals surface area contributed by atoms with Crippen LogP contribution in [-0.2, 0) is 5.75 Å². The van der Waals surface area contributed by atoms with E-state index in [1.807, 2.05) is 6.07 Å². The monoisotopic (exact) mass is 295 g/mol. The Balaban J connectivity index is 1.99. The first-order valence-corrected chi connectivity index (χ1v) is 7.49. The molecule has 108 valence electrons. The van der Waals surface area contributed by atoms with Crippen LogP contribution in [0.4, 0.5) is 4.39 Å². The molecule has 0 aliphatic carbocycles. The summed E-state index contributed by atoms with van der Waals surface area (Å²) in [7, 11) is 0. The highest BCUT2D eigenvalue weighted by atomic mass is 32.2. The van der Waals surface area contributed by atoms with Crippen LogP contribution in [0.5, 0.6) is 0 Å². The van der Waals surface area contributed by atoms with Crippen LogP contribution in [-0.4, -0.2) is 16.7 Å². The molecule has 1 aromatic heterocycles. The summed E-state index contributed by atoms with van der Waals surface area (Å²) in [5.41, 5.74) is 5.72. The van der Waals surface area contributed by atoms with Crippen LogP contribution in [0.2, 0.25) is 0 Å². The summed E-state index contributed by atoms with van der Waals surface area (Å²) in [6, 6.07) is 6.45. The molecule has 0 aliphatic heterocycles. The Morgan fingerprint density at radius 2 is 2.20 bits per heavy atom. The van der Waals surface area contributed by atoms with Crippen molar-refractivity contribution in [3.63, 3.8) is 0 Å². The molecular formula is C14H18FN3OS. The maximum Gasteiger partial charge on any atom is 0.231 e. The Morgan fingerprint density at radius 1 is 1.40 bits per heavy atom. The number of nitrogens with two attached hydrogens (primary N) is 1. The van der Waals surface area contributed by atoms with Gasteiger partial charge in [-0.05, 0) is 24.1 Å². The van der Waals surface area contributed by atoms with Crippen LogP contribution in [0, 0.1) is 11.7 Å². The molecule has 0 spiro atoms. The summed E-state index contributed by atoms with van der Waals surface area (Å²) >= 11 is 1.47. The molecule has 0 fully saturated rings. The number of aromatic nitrogens is 2. The highest BCUT2D eigenvalue weighted by Crippen LogP contribution is 2.25. The Kier molecular flexibility index (Phi) is 5.14. The summed E-state index contributed by atoms with van der Waals surface area (Å²) in [5, 5.41) is 3.95. The van der Waals surface area contributed by atoms with E-state index in [-0.39, 0.29) is 11.7 Å². The maximum atomic E-state index is 13.1. The molecule has 0 aliphatic rings. The van der Waals surface area contributed by atoms with E-state index in [1.165, 1.54) is 23.9 Å². The van der Waals surface area contributed by atoms with E-state index in [4.69, 9.17) is 10.3 Å². The van der Waals surface area contributed by atoms with Crippen LogP contribution in [0.15, 0.2) is 33.7 Å². The number of nitrogens with zero attached hydrogens (tertiary/aromatic N) is 2. The lowest BCUT2D eigenvalue weighted by Gasteiger charge is -2.13. The lowest BCUT2D eigenvalue weighted by molar-refractivity contribution is 0.322. The van der Waals surface area contributed by atoms with Gasteiger partial charge in [0.15, 0.2) is 5.82 Å².